The molecule has 2 saturated heterocycles. The summed E-state index contributed by atoms with van der Waals surface area (Å²) in [5, 5.41) is 4.04. The predicted octanol–water partition coefficient (Wildman–Crippen LogP) is 3.98. The van der Waals surface area contributed by atoms with E-state index in [1.54, 1.807) is 0 Å². The number of carbonyl (C=O) groups is 1. The first kappa shape index (κ1) is 21.1. The number of hydrogen-bond acceptors (Lipinski definition) is 4. The lowest BCUT2D eigenvalue weighted by Gasteiger charge is -2.34. The largest absolute Gasteiger partial charge is 0.371 e. The van der Waals surface area contributed by atoms with Crippen LogP contribution in [0.4, 0.5) is 5.69 Å². The minimum Gasteiger partial charge on any atom is -0.371 e. The highest BCUT2D eigenvalue weighted by Crippen LogP contribution is 2.23. The molecule has 2 aromatic rings. The maximum Gasteiger partial charge on any atom is 0.223 e. The summed E-state index contributed by atoms with van der Waals surface area (Å²) >= 11 is 5.97. The fourth-order valence-corrected chi connectivity index (χ4v) is 4.67. The smallest absolute Gasteiger partial charge is 0.223 e. The lowest BCUT2D eigenvalue weighted by molar-refractivity contribution is -0.125. The van der Waals surface area contributed by atoms with Crippen LogP contribution < -0.4 is 10.2 Å². The van der Waals surface area contributed by atoms with Gasteiger partial charge in [-0.1, -0.05) is 23.7 Å². The van der Waals surface area contributed by atoms with Gasteiger partial charge in [-0.05, 0) is 74.5 Å². The van der Waals surface area contributed by atoms with Gasteiger partial charge < -0.3 is 10.2 Å². The molecule has 3 heterocycles. The highest BCUT2D eigenvalue weighted by Gasteiger charge is 2.26. The van der Waals surface area contributed by atoms with Gasteiger partial charge in [0, 0.05) is 55.2 Å². The number of likely N-dealkylation sites (tertiary alicyclic amines) is 1. The highest BCUT2D eigenvalue weighted by molar-refractivity contribution is 6.30. The van der Waals surface area contributed by atoms with Crippen LogP contribution in [0.2, 0.25) is 5.02 Å². The number of benzene rings is 1. The van der Waals surface area contributed by atoms with Crippen molar-refractivity contribution in [3.63, 3.8) is 0 Å². The molecule has 2 fully saturated rings. The molecular weight excluding hydrogens is 396 g/mol. The molecule has 1 aromatic carbocycles. The fraction of sp³-hybridized carbons (Fsp3) is 0.500. The van der Waals surface area contributed by atoms with Crippen molar-refractivity contribution < 1.29 is 4.79 Å². The van der Waals surface area contributed by atoms with Gasteiger partial charge in [-0.25, -0.2) is 0 Å². The zero-order valence-electron chi connectivity index (χ0n) is 17.5. The van der Waals surface area contributed by atoms with Crippen LogP contribution in [-0.2, 0) is 11.3 Å². The number of carbonyl (C=O) groups excluding carboxylic acids is 1. The van der Waals surface area contributed by atoms with Crippen molar-refractivity contribution in [3.05, 3.63) is 59.4 Å². The molecule has 0 saturated carbocycles. The summed E-state index contributed by atoms with van der Waals surface area (Å²) in [6.07, 6.45) is 7.80. The number of anilines is 1. The van der Waals surface area contributed by atoms with Crippen molar-refractivity contribution >= 4 is 23.2 Å². The van der Waals surface area contributed by atoms with E-state index in [0.717, 1.165) is 70.0 Å². The summed E-state index contributed by atoms with van der Waals surface area (Å²) in [4.78, 5) is 21.6. The number of hydrogen-bond donors (Lipinski definition) is 1. The Bertz CT molecular complexity index is 798. The maximum absolute atomic E-state index is 12.7. The van der Waals surface area contributed by atoms with E-state index < -0.39 is 0 Å². The SMILES string of the molecule is O=C(NCC1CCN(Cc2ccc(Cl)cc2)CC1)C1CCN(c2ccncc2)CC1. The van der Waals surface area contributed by atoms with Crippen LogP contribution in [0.15, 0.2) is 48.8 Å². The van der Waals surface area contributed by atoms with Crippen molar-refractivity contribution in [1.82, 2.24) is 15.2 Å². The van der Waals surface area contributed by atoms with E-state index in [2.05, 4.69) is 32.2 Å². The van der Waals surface area contributed by atoms with Crippen LogP contribution in [0, 0.1) is 11.8 Å². The standard InChI is InChI=1S/C24H31ClN4O/c25-22-3-1-20(2-4-22)18-28-13-7-19(8-14-28)17-27-24(30)21-9-15-29(16-10-21)23-5-11-26-12-6-23/h1-6,11-12,19,21H,7-10,13-18H2,(H,27,30). The molecule has 160 valence electrons. The van der Waals surface area contributed by atoms with Crippen molar-refractivity contribution in [2.24, 2.45) is 11.8 Å². The first-order chi connectivity index (χ1) is 14.7. The summed E-state index contributed by atoms with van der Waals surface area (Å²) in [5.74, 6) is 0.980. The van der Waals surface area contributed by atoms with Gasteiger partial charge in [0.15, 0.2) is 0 Å². The minimum atomic E-state index is 0.146. The molecule has 2 aliphatic rings. The number of amides is 1. The Morgan fingerprint density at radius 1 is 0.967 bits per heavy atom. The van der Waals surface area contributed by atoms with Crippen molar-refractivity contribution in [1.29, 1.82) is 0 Å². The van der Waals surface area contributed by atoms with Crippen LogP contribution in [0.25, 0.3) is 0 Å². The van der Waals surface area contributed by atoms with Gasteiger partial charge in [0.1, 0.15) is 0 Å². The predicted molar refractivity (Wildman–Crippen MR) is 122 cm³/mol. The number of halogens is 1. The van der Waals surface area contributed by atoms with E-state index in [4.69, 9.17) is 11.6 Å². The molecule has 0 atom stereocenters. The Balaban J connectivity index is 1.14. The molecule has 6 heteroatoms. The molecule has 1 amide bonds. The topological polar surface area (TPSA) is 48.5 Å². The second-order valence-corrected chi connectivity index (χ2v) is 8.99. The molecule has 0 unspecified atom stereocenters. The zero-order valence-corrected chi connectivity index (χ0v) is 18.2. The molecule has 1 aromatic heterocycles. The zero-order chi connectivity index (χ0) is 20.8. The molecule has 4 rings (SSSR count). The average molecular weight is 427 g/mol. The summed E-state index contributed by atoms with van der Waals surface area (Å²) in [7, 11) is 0. The van der Waals surface area contributed by atoms with Gasteiger partial charge in [-0.15, -0.1) is 0 Å². The van der Waals surface area contributed by atoms with Gasteiger partial charge in [0.05, 0.1) is 0 Å². The lowest BCUT2D eigenvalue weighted by atomic mass is 9.93. The van der Waals surface area contributed by atoms with Gasteiger partial charge in [-0.3, -0.25) is 14.7 Å². The summed E-state index contributed by atoms with van der Waals surface area (Å²) < 4.78 is 0. The monoisotopic (exact) mass is 426 g/mol. The van der Waals surface area contributed by atoms with Crippen molar-refractivity contribution in [3.8, 4) is 0 Å². The van der Waals surface area contributed by atoms with E-state index in [1.165, 1.54) is 11.3 Å². The first-order valence-corrected chi connectivity index (χ1v) is 11.4. The number of piperidine rings is 2. The number of aromatic nitrogens is 1. The second kappa shape index (κ2) is 10.3. The second-order valence-electron chi connectivity index (χ2n) is 8.56. The fourth-order valence-electron chi connectivity index (χ4n) is 4.54. The highest BCUT2D eigenvalue weighted by atomic mass is 35.5. The van der Waals surface area contributed by atoms with Gasteiger partial charge >= 0.3 is 0 Å². The van der Waals surface area contributed by atoms with E-state index in [1.807, 2.05) is 36.7 Å². The summed E-state index contributed by atoms with van der Waals surface area (Å²) in [6, 6.07) is 12.2. The normalized spacial score (nSPS) is 19.0. The summed E-state index contributed by atoms with van der Waals surface area (Å²) in [5.41, 5.74) is 2.51. The lowest BCUT2D eigenvalue weighted by Crippen LogP contribution is -2.43. The average Bonchev–Trinajstić information content (AvgIpc) is 2.80. The van der Waals surface area contributed by atoms with E-state index in [0.29, 0.717) is 5.92 Å². The van der Waals surface area contributed by atoms with Gasteiger partial charge in [0.2, 0.25) is 5.91 Å². The molecule has 5 nitrogen and oxygen atoms in total. The Kier molecular flexibility index (Phi) is 7.24. The Labute approximate surface area is 184 Å². The van der Waals surface area contributed by atoms with Crippen LogP contribution in [0.1, 0.15) is 31.2 Å². The number of nitrogens with one attached hydrogen (secondary N) is 1. The van der Waals surface area contributed by atoms with Crippen molar-refractivity contribution in [2.75, 3.05) is 37.6 Å². The minimum absolute atomic E-state index is 0.146. The third-order valence-electron chi connectivity index (χ3n) is 6.49. The molecule has 0 aliphatic carbocycles. The Morgan fingerprint density at radius 2 is 1.63 bits per heavy atom. The number of rotatable bonds is 6. The van der Waals surface area contributed by atoms with Crippen LogP contribution in [-0.4, -0.2) is 48.5 Å². The molecule has 0 bridgehead atoms. The Hall–Kier alpha value is -2.11. The first-order valence-electron chi connectivity index (χ1n) is 11.1. The van der Waals surface area contributed by atoms with Crippen molar-refractivity contribution in [2.45, 2.75) is 32.2 Å². The van der Waals surface area contributed by atoms with Crippen LogP contribution >= 0.6 is 11.6 Å². The maximum atomic E-state index is 12.7. The van der Waals surface area contributed by atoms with E-state index in [9.17, 15) is 4.79 Å². The van der Waals surface area contributed by atoms with Crippen LogP contribution in [0.3, 0.4) is 0 Å². The van der Waals surface area contributed by atoms with E-state index >= 15 is 0 Å². The quantitative estimate of drug-likeness (QED) is 0.759. The van der Waals surface area contributed by atoms with Gasteiger partial charge in [0.25, 0.3) is 0 Å². The Morgan fingerprint density at radius 3 is 2.30 bits per heavy atom. The molecule has 0 spiro atoms. The third kappa shape index (κ3) is 5.73. The number of pyridine rings is 1. The number of nitrogens with zero attached hydrogens (tertiary/aromatic N) is 3. The molecular formula is C24H31ClN4O. The molecule has 2 aliphatic heterocycles. The molecule has 0 radical (unpaired) electrons. The van der Waals surface area contributed by atoms with Crippen LogP contribution in [0.5, 0.6) is 0 Å². The third-order valence-corrected chi connectivity index (χ3v) is 6.74. The molecule has 30 heavy (non-hydrogen) atoms. The van der Waals surface area contributed by atoms with Gasteiger partial charge in [-0.2, -0.15) is 0 Å². The summed E-state index contributed by atoms with van der Waals surface area (Å²) in [6.45, 7) is 5.85. The van der Waals surface area contributed by atoms with E-state index in [-0.39, 0.29) is 11.8 Å². The molecule has 1 N–H and O–H groups in total.